The molecular weight excluding hydrogens is 484 g/mol. The molecule has 5 nitrogen and oxygen atoms in total. The predicted octanol–water partition coefficient (Wildman–Crippen LogP) is 4.03. The molecule has 1 unspecified atom stereocenters. The van der Waals surface area contributed by atoms with Crippen LogP contribution in [0.1, 0.15) is 44.7 Å². The van der Waals surface area contributed by atoms with Crippen LogP contribution in [0.15, 0.2) is 29.3 Å². The molecule has 0 aliphatic heterocycles. The number of carbonyl (C=O) groups excluding carboxylic acids is 1. The van der Waals surface area contributed by atoms with E-state index in [1.165, 1.54) is 12.1 Å². The maximum Gasteiger partial charge on any atom is 0.416 e. The lowest BCUT2D eigenvalue weighted by Crippen LogP contribution is -2.39. The van der Waals surface area contributed by atoms with Crippen LogP contribution in [0.4, 0.5) is 13.2 Å². The minimum Gasteiger partial charge on any atom is -0.357 e. The third kappa shape index (κ3) is 9.61. The molecule has 28 heavy (non-hydrogen) atoms. The highest BCUT2D eigenvalue weighted by Gasteiger charge is 2.29. The van der Waals surface area contributed by atoms with E-state index < -0.39 is 11.7 Å². The Hall–Kier alpha value is -1.52. The third-order valence-corrected chi connectivity index (χ3v) is 4.02. The number of carbonyl (C=O) groups is 1. The SMILES string of the molecule is CCNC(=NCCC(=O)NC(C)CC)N(C)Cc1ccc(C(F)(F)F)cc1.I. The van der Waals surface area contributed by atoms with Crippen molar-refractivity contribution in [2.24, 2.45) is 4.99 Å². The summed E-state index contributed by atoms with van der Waals surface area (Å²) in [6, 6.07) is 5.21. The molecule has 1 aromatic carbocycles. The fraction of sp³-hybridized carbons (Fsp3) is 0.579. The summed E-state index contributed by atoms with van der Waals surface area (Å²) in [5.41, 5.74) is 0.0763. The van der Waals surface area contributed by atoms with Crippen molar-refractivity contribution in [3.8, 4) is 0 Å². The van der Waals surface area contributed by atoms with E-state index in [1.54, 1.807) is 7.05 Å². The largest absolute Gasteiger partial charge is 0.416 e. The van der Waals surface area contributed by atoms with Crippen molar-refractivity contribution in [1.29, 1.82) is 0 Å². The van der Waals surface area contributed by atoms with Gasteiger partial charge in [0.25, 0.3) is 0 Å². The number of rotatable bonds is 8. The number of hydrogen-bond donors (Lipinski definition) is 2. The monoisotopic (exact) mass is 514 g/mol. The van der Waals surface area contributed by atoms with Crippen LogP contribution in [-0.2, 0) is 17.5 Å². The molecule has 0 fully saturated rings. The lowest BCUT2D eigenvalue weighted by atomic mass is 10.1. The molecule has 0 radical (unpaired) electrons. The van der Waals surface area contributed by atoms with Crippen LogP contribution in [-0.4, -0.2) is 42.9 Å². The number of guanidine groups is 1. The summed E-state index contributed by atoms with van der Waals surface area (Å²) in [4.78, 5) is 18.1. The van der Waals surface area contributed by atoms with Gasteiger partial charge in [-0.1, -0.05) is 19.1 Å². The van der Waals surface area contributed by atoms with Gasteiger partial charge in [0, 0.05) is 32.6 Å². The molecule has 1 atom stereocenters. The second kappa shape index (κ2) is 12.8. The molecule has 0 heterocycles. The molecule has 9 heteroatoms. The van der Waals surface area contributed by atoms with Crippen LogP contribution in [0.25, 0.3) is 0 Å². The fourth-order valence-electron chi connectivity index (χ4n) is 2.33. The van der Waals surface area contributed by atoms with Gasteiger partial charge >= 0.3 is 6.18 Å². The molecule has 0 aliphatic carbocycles. The minimum absolute atomic E-state index is 0. The van der Waals surface area contributed by atoms with Crippen LogP contribution in [0.2, 0.25) is 0 Å². The lowest BCUT2D eigenvalue weighted by molar-refractivity contribution is -0.137. The second-order valence-electron chi connectivity index (χ2n) is 6.41. The second-order valence-corrected chi connectivity index (χ2v) is 6.41. The van der Waals surface area contributed by atoms with Gasteiger partial charge < -0.3 is 15.5 Å². The molecule has 1 amide bonds. The maximum absolute atomic E-state index is 12.6. The molecule has 1 rings (SSSR count). The van der Waals surface area contributed by atoms with Gasteiger partial charge in [0.15, 0.2) is 5.96 Å². The van der Waals surface area contributed by atoms with Crippen molar-refractivity contribution >= 4 is 35.8 Å². The van der Waals surface area contributed by atoms with Crippen LogP contribution in [0.3, 0.4) is 0 Å². The summed E-state index contributed by atoms with van der Waals surface area (Å²) in [5, 5.41) is 6.02. The molecule has 160 valence electrons. The Kier molecular flexibility index (Phi) is 12.1. The first-order valence-corrected chi connectivity index (χ1v) is 9.12. The topological polar surface area (TPSA) is 56.7 Å². The zero-order chi connectivity index (χ0) is 20.4. The van der Waals surface area contributed by atoms with Crippen molar-refractivity contribution in [1.82, 2.24) is 15.5 Å². The van der Waals surface area contributed by atoms with Crippen LogP contribution >= 0.6 is 24.0 Å². The van der Waals surface area contributed by atoms with Crippen molar-refractivity contribution in [3.63, 3.8) is 0 Å². The van der Waals surface area contributed by atoms with Crippen LogP contribution in [0.5, 0.6) is 0 Å². The van der Waals surface area contributed by atoms with Gasteiger partial charge in [0.05, 0.1) is 12.1 Å². The Morgan fingerprint density at radius 2 is 1.82 bits per heavy atom. The summed E-state index contributed by atoms with van der Waals surface area (Å²) in [7, 11) is 1.80. The molecule has 0 saturated heterocycles. The highest BCUT2D eigenvalue weighted by Crippen LogP contribution is 2.29. The van der Waals surface area contributed by atoms with Crippen molar-refractivity contribution < 1.29 is 18.0 Å². The van der Waals surface area contributed by atoms with E-state index in [0.29, 0.717) is 25.6 Å². The van der Waals surface area contributed by atoms with E-state index in [1.807, 2.05) is 25.7 Å². The van der Waals surface area contributed by atoms with Gasteiger partial charge in [0.2, 0.25) is 5.91 Å². The van der Waals surface area contributed by atoms with E-state index in [-0.39, 0.29) is 42.3 Å². The Morgan fingerprint density at radius 3 is 2.32 bits per heavy atom. The summed E-state index contributed by atoms with van der Waals surface area (Å²) in [6.45, 7) is 7.27. The molecule has 2 N–H and O–H groups in total. The maximum atomic E-state index is 12.6. The van der Waals surface area contributed by atoms with E-state index >= 15 is 0 Å². The third-order valence-electron chi connectivity index (χ3n) is 4.02. The first kappa shape index (κ1) is 26.5. The Morgan fingerprint density at radius 1 is 1.21 bits per heavy atom. The molecular formula is C19H30F3IN4O. The molecule has 0 aliphatic rings. The lowest BCUT2D eigenvalue weighted by Gasteiger charge is -2.22. The minimum atomic E-state index is -4.34. The number of benzene rings is 1. The number of nitrogens with zero attached hydrogens (tertiary/aromatic N) is 2. The van der Waals surface area contributed by atoms with E-state index in [4.69, 9.17) is 0 Å². The first-order chi connectivity index (χ1) is 12.7. The predicted molar refractivity (Wildman–Crippen MR) is 117 cm³/mol. The highest BCUT2D eigenvalue weighted by atomic mass is 127. The smallest absolute Gasteiger partial charge is 0.357 e. The number of nitrogens with one attached hydrogen (secondary N) is 2. The average Bonchev–Trinajstić information content (AvgIpc) is 2.60. The average molecular weight is 514 g/mol. The fourth-order valence-corrected chi connectivity index (χ4v) is 2.33. The zero-order valence-corrected chi connectivity index (χ0v) is 19.1. The van der Waals surface area contributed by atoms with Gasteiger partial charge in [-0.2, -0.15) is 13.2 Å². The summed E-state index contributed by atoms with van der Waals surface area (Å²) >= 11 is 0. The highest BCUT2D eigenvalue weighted by molar-refractivity contribution is 14.0. The van der Waals surface area contributed by atoms with E-state index in [9.17, 15) is 18.0 Å². The number of aliphatic imine (C=N–C) groups is 1. The van der Waals surface area contributed by atoms with Gasteiger partial charge in [-0.15, -0.1) is 24.0 Å². The van der Waals surface area contributed by atoms with E-state index in [0.717, 1.165) is 24.1 Å². The molecule has 0 bridgehead atoms. The Balaban J connectivity index is 0.00000729. The van der Waals surface area contributed by atoms with Crippen LogP contribution in [0, 0.1) is 0 Å². The number of halogens is 4. The molecule has 0 spiro atoms. The Bertz CT molecular complexity index is 621. The quantitative estimate of drug-likeness (QED) is 0.313. The molecule has 1 aromatic rings. The molecule has 0 saturated carbocycles. The summed E-state index contributed by atoms with van der Waals surface area (Å²) in [6.07, 6.45) is -3.18. The van der Waals surface area contributed by atoms with Crippen LogP contribution < -0.4 is 10.6 Å². The standard InChI is InChI=1S/C19H29F3N4O.HI/c1-5-14(3)25-17(27)11-12-24-18(23-6-2)26(4)13-15-7-9-16(10-8-15)19(20,21)22;/h7-10,14H,5-6,11-13H2,1-4H3,(H,23,24)(H,25,27);1H. The first-order valence-electron chi connectivity index (χ1n) is 9.12. The number of hydrogen-bond acceptors (Lipinski definition) is 2. The normalized spacial score (nSPS) is 12.8. The van der Waals surface area contributed by atoms with Gasteiger partial charge in [-0.3, -0.25) is 9.79 Å². The number of amides is 1. The van der Waals surface area contributed by atoms with Crippen molar-refractivity contribution in [3.05, 3.63) is 35.4 Å². The molecule has 0 aromatic heterocycles. The van der Waals surface area contributed by atoms with Gasteiger partial charge in [-0.25, -0.2) is 0 Å². The van der Waals surface area contributed by atoms with Gasteiger partial charge in [0.1, 0.15) is 0 Å². The van der Waals surface area contributed by atoms with Crippen molar-refractivity contribution in [2.75, 3.05) is 20.1 Å². The summed E-state index contributed by atoms with van der Waals surface area (Å²) in [5.74, 6) is 0.558. The number of alkyl halides is 3. The van der Waals surface area contributed by atoms with Gasteiger partial charge in [-0.05, 0) is 38.0 Å². The Labute approximate surface area is 182 Å². The summed E-state index contributed by atoms with van der Waals surface area (Å²) < 4.78 is 37.9. The zero-order valence-electron chi connectivity index (χ0n) is 16.8. The van der Waals surface area contributed by atoms with Crippen molar-refractivity contribution in [2.45, 2.75) is 52.4 Å². The van der Waals surface area contributed by atoms with E-state index in [2.05, 4.69) is 15.6 Å².